The second-order valence-electron chi connectivity index (χ2n) is 8.32. The zero-order valence-corrected chi connectivity index (χ0v) is 19.6. The summed E-state index contributed by atoms with van der Waals surface area (Å²) in [6, 6.07) is 11.4. The molecule has 0 saturated heterocycles. The summed E-state index contributed by atoms with van der Waals surface area (Å²) in [6.45, 7) is 3.65. The fraction of sp³-hybridized carbons (Fsp3) is 0.280. The van der Waals surface area contributed by atoms with Crippen molar-refractivity contribution >= 4 is 17.5 Å². The van der Waals surface area contributed by atoms with Crippen LogP contribution in [-0.2, 0) is 11.2 Å². The number of benzene rings is 2. The smallest absolute Gasteiger partial charge is 0.288 e. The predicted molar refractivity (Wildman–Crippen MR) is 127 cm³/mol. The summed E-state index contributed by atoms with van der Waals surface area (Å²) in [6.07, 6.45) is 0.816. The third-order valence-electron chi connectivity index (χ3n) is 4.82. The average Bonchev–Trinajstić information content (AvgIpc) is 3.23. The third kappa shape index (κ3) is 7.38. The van der Waals surface area contributed by atoms with Crippen molar-refractivity contribution in [3.63, 3.8) is 0 Å². The van der Waals surface area contributed by atoms with Gasteiger partial charge in [-0.1, -0.05) is 24.0 Å². The zero-order chi connectivity index (χ0) is 25.6. The molecule has 182 valence electrons. The minimum atomic E-state index is -1.04. The second kappa shape index (κ2) is 10.8. The Morgan fingerprint density at radius 2 is 2.00 bits per heavy atom. The highest BCUT2D eigenvalue weighted by Crippen LogP contribution is 2.31. The first-order valence-electron chi connectivity index (χ1n) is 10.8. The number of carbonyl (C=O) groups excluding carboxylic acids is 2. The van der Waals surface area contributed by atoms with Crippen molar-refractivity contribution < 1.29 is 23.8 Å². The number of aliphatic hydroxyl groups is 1. The van der Waals surface area contributed by atoms with Crippen molar-refractivity contribution in [3.8, 4) is 17.6 Å². The second-order valence-corrected chi connectivity index (χ2v) is 8.32. The molecule has 0 atom stereocenters. The van der Waals surface area contributed by atoms with Gasteiger partial charge in [0.15, 0.2) is 0 Å². The van der Waals surface area contributed by atoms with Gasteiger partial charge in [0.25, 0.3) is 5.91 Å². The molecule has 3 aromatic rings. The number of H-pyrrole nitrogens is 1. The standard InChI is InChI=1S/C15H17NO3.C10H9FN4O/c1-15(2,18)8-6-11-4-5-13-12(10-11)16(3)14(17)7-9-19-13;11-7-3-1-6(2-4-7)5-8-13-10(9(12)16)15-14-8/h4-5,10,18H,7,9H2,1-3H3;1-4H,5H2,(H2,12,16)(H,13,14,15). The maximum Gasteiger partial charge on any atom is 0.288 e. The highest BCUT2D eigenvalue weighted by Gasteiger charge is 2.20. The van der Waals surface area contributed by atoms with Gasteiger partial charge in [-0.3, -0.25) is 14.7 Å². The molecule has 2 amide bonds. The molecule has 0 saturated carbocycles. The third-order valence-corrected chi connectivity index (χ3v) is 4.82. The van der Waals surface area contributed by atoms with E-state index in [1.165, 1.54) is 12.1 Å². The van der Waals surface area contributed by atoms with E-state index in [0.29, 0.717) is 36.7 Å². The summed E-state index contributed by atoms with van der Waals surface area (Å²) < 4.78 is 18.2. The number of halogens is 1. The van der Waals surface area contributed by atoms with Crippen LogP contribution in [0.5, 0.6) is 5.75 Å². The molecule has 4 N–H and O–H groups in total. The molecule has 0 unspecified atom stereocenters. The van der Waals surface area contributed by atoms with Crippen molar-refractivity contribution in [3.05, 3.63) is 71.1 Å². The minimum Gasteiger partial charge on any atom is -0.491 e. The van der Waals surface area contributed by atoms with Gasteiger partial charge >= 0.3 is 0 Å². The Bertz CT molecular complexity index is 1270. The monoisotopic (exact) mass is 479 g/mol. The molecule has 9 nitrogen and oxygen atoms in total. The fourth-order valence-electron chi connectivity index (χ4n) is 3.03. The Morgan fingerprint density at radius 3 is 2.63 bits per heavy atom. The molecule has 1 aromatic heterocycles. The molecule has 0 fully saturated rings. The summed E-state index contributed by atoms with van der Waals surface area (Å²) in [5.41, 5.74) is 6.29. The number of fused-ring (bicyclic) bond motifs is 1. The van der Waals surface area contributed by atoms with Crippen LogP contribution in [0.15, 0.2) is 42.5 Å². The number of anilines is 1. The molecule has 0 aliphatic carbocycles. The van der Waals surface area contributed by atoms with Gasteiger partial charge in [-0.2, -0.15) is 0 Å². The Labute approximate surface area is 202 Å². The molecule has 2 aromatic carbocycles. The molecular formula is C25H26FN5O4. The fourth-order valence-corrected chi connectivity index (χ4v) is 3.03. The van der Waals surface area contributed by atoms with Crippen LogP contribution in [0.25, 0.3) is 0 Å². The molecule has 1 aliphatic rings. The zero-order valence-electron chi connectivity index (χ0n) is 19.6. The van der Waals surface area contributed by atoms with Gasteiger partial charge in [0.05, 0.1) is 18.7 Å². The first kappa shape index (κ1) is 25.4. The normalized spacial score (nSPS) is 12.8. The van der Waals surface area contributed by atoms with Crippen molar-refractivity contribution in [2.45, 2.75) is 32.3 Å². The number of nitrogens with zero attached hydrogens (tertiary/aromatic N) is 3. The number of nitrogens with one attached hydrogen (secondary N) is 1. The molecule has 0 spiro atoms. The van der Waals surface area contributed by atoms with Crippen LogP contribution >= 0.6 is 0 Å². The van der Waals surface area contributed by atoms with Crippen LogP contribution in [0.4, 0.5) is 10.1 Å². The van der Waals surface area contributed by atoms with Gasteiger partial charge in [-0.25, -0.2) is 9.37 Å². The quantitative estimate of drug-likeness (QED) is 0.493. The summed E-state index contributed by atoms with van der Waals surface area (Å²) in [7, 11) is 1.73. The van der Waals surface area contributed by atoms with E-state index >= 15 is 0 Å². The maximum atomic E-state index is 12.6. The number of carbonyl (C=O) groups is 2. The number of hydrogen-bond acceptors (Lipinski definition) is 6. The lowest BCUT2D eigenvalue weighted by atomic mass is 10.1. The summed E-state index contributed by atoms with van der Waals surface area (Å²) in [4.78, 5) is 28.0. The van der Waals surface area contributed by atoms with E-state index in [2.05, 4.69) is 27.0 Å². The van der Waals surface area contributed by atoms with E-state index in [4.69, 9.17) is 10.5 Å². The Kier molecular flexibility index (Phi) is 7.83. The van der Waals surface area contributed by atoms with Crippen LogP contribution in [0.1, 0.15) is 47.8 Å². The van der Waals surface area contributed by atoms with Crippen LogP contribution < -0.4 is 15.4 Å². The average molecular weight is 480 g/mol. The van der Waals surface area contributed by atoms with E-state index in [0.717, 1.165) is 11.1 Å². The van der Waals surface area contributed by atoms with Crippen molar-refractivity contribution in [2.75, 3.05) is 18.6 Å². The van der Waals surface area contributed by atoms with Crippen LogP contribution in [-0.4, -0.2) is 51.4 Å². The van der Waals surface area contributed by atoms with Crippen LogP contribution in [0.2, 0.25) is 0 Å². The van der Waals surface area contributed by atoms with Gasteiger partial charge in [0.1, 0.15) is 23.0 Å². The first-order chi connectivity index (χ1) is 16.5. The first-order valence-corrected chi connectivity index (χ1v) is 10.8. The molecule has 0 radical (unpaired) electrons. The summed E-state index contributed by atoms with van der Waals surface area (Å²) >= 11 is 0. The largest absolute Gasteiger partial charge is 0.491 e. The van der Waals surface area contributed by atoms with Gasteiger partial charge in [0, 0.05) is 19.0 Å². The van der Waals surface area contributed by atoms with Crippen LogP contribution in [0.3, 0.4) is 0 Å². The molecular weight excluding hydrogens is 453 g/mol. The Balaban J connectivity index is 0.000000198. The number of aromatic amines is 1. The van der Waals surface area contributed by atoms with E-state index in [1.807, 2.05) is 6.07 Å². The molecule has 0 bridgehead atoms. The van der Waals surface area contributed by atoms with Crippen LogP contribution in [0, 0.1) is 17.7 Å². The SMILES string of the molecule is CN1C(=O)CCOc2ccc(C#CC(C)(C)O)cc21.NC(=O)c1n[nH]c(Cc2ccc(F)cc2)n1. The van der Waals surface area contributed by atoms with Crippen molar-refractivity contribution in [1.82, 2.24) is 15.2 Å². The van der Waals surface area contributed by atoms with E-state index in [1.54, 1.807) is 50.1 Å². The number of amides is 2. The van der Waals surface area contributed by atoms with Crippen molar-refractivity contribution in [2.24, 2.45) is 5.73 Å². The lowest BCUT2D eigenvalue weighted by molar-refractivity contribution is -0.118. The van der Waals surface area contributed by atoms with Gasteiger partial charge < -0.3 is 20.5 Å². The molecule has 2 heterocycles. The number of primary amides is 1. The molecule has 1 aliphatic heterocycles. The highest BCUT2D eigenvalue weighted by molar-refractivity contribution is 5.95. The minimum absolute atomic E-state index is 0.0198. The van der Waals surface area contributed by atoms with Crippen molar-refractivity contribution in [1.29, 1.82) is 0 Å². The highest BCUT2D eigenvalue weighted by atomic mass is 19.1. The van der Waals surface area contributed by atoms with E-state index in [-0.39, 0.29) is 17.5 Å². The molecule has 10 heteroatoms. The number of hydrogen-bond donors (Lipinski definition) is 3. The van der Waals surface area contributed by atoms with E-state index < -0.39 is 11.5 Å². The Morgan fingerprint density at radius 1 is 1.29 bits per heavy atom. The van der Waals surface area contributed by atoms with E-state index in [9.17, 15) is 19.1 Å². The number of nitrogens with two attached hydrogens (primary N) is 1. The number of rotatable bonds is 3. The topological polar surface area (TPSA) is 134 Å². The van der Waals surface area contributed by atoms with Gasteiger partial charge in [0.2, 0.25) is 11.7 Å². The number of ether oxygens (including phenoxy) is 1. The van der Waals surface area contributed by atoms with Gasteiger partial charge in [-0.15, -0.1) is 5.10 Å². The maximum absolute atomic E-state index is 12.6. The summed E-state index contributed by atoms with van der Waals surface area (Å²) in [5.74, 6) is 5.85. The predicted octanol–water partition coefficient (Wildman–Crippen LogP) is 2.19. The lowest BCUT2D eigenvalue weighted by Gasteiger charge is -2.16. The summed E-state index contributed by atoms with van der Waals surface area (Å²) in [5, 5.41) is 15.8. The molecule has 4 rings (SSSR count). The number of aromatic nitrogens is 3. The van der Waals surface area contributed by atoms with Gasteiger partial charge in [-0.05, 0) is 49.7 Å². The Hall–Kier alpha value is -4.23. The molecule has 35 heavy (non-hydrogen) atoms. The lowest BCUT2D eigenvalue weighted by Crippen LogP contribution is -2.25.